The van der Waals surface area contributed by atoms with E-state index in [9.17, 15) is 29.5 Å². The second-order valence-electron chi connectivity index (χ2n) is 18.2. The quantitative estimate of drug-likeness (QED) is 0.0267. The summed E-state index contributed by atoms with van der Waals surface area (Å²) in [4.78, 5) is 57.3. The number of nitrogens with two attached hydrogens (primary N) is 2. The number of carbonyl (C=O) groups is 4. The van der Waals surface area contributed by atoms with Gasteiger partial charge in [0.1, 0.15) is 29.5 Å². The Morgan fingerprint density at radius 2 is 1.70 bits per heavy atom. The van der Waals surface area contributed by atoms with Gasteiger partial charge >= 0.3 is 0 Å². The molecule has 0 saturated carbocycles. The summed E-state index contributed by atoms with van der Waals surface area (Å²) in [5.74, 6) is -1.45. The van der Waals surface area contributed by atoms with Crippen molar-refractivity contribution in [3.05, 3.63) is 111 Å². The van der Waals surface area contributed by atoms with Crippen LogP contribution in [-0.2, 0) is 28.7 Å². The summed E-state index contributed by atoms with van der Waals surface area (Å²) in [7, 11) is 0. The van der Waals surface area contributed by atoms with Gasteiger partial charge in [-0.1, -0.05) is 81.7 Å². The fourth-order valence-electron chi connectivity index (χ4n) is 9.27. The molecule has 0 aromatic heterocycles. The smallest absolute Gasteiger partial charge is 0.250 e. The van der Waals surface area contributed by atoms with Crippen LogP contribution < -0.4 is 42.8 Å². The van der Waals surface area contributed by atoms with E-state index in [0.29, 0.717) is 67.1 Å². The van der Waals surface area contributed by atoms with Crippen molar-refractivity contribution in [2.45, 2.75) is 123 Å². The molecule has 2 aliphatic heterocycles. The zero-order valence-corrected chi connectivity index (χ0v) is 41.3. The Morgan fingerprint density at radius 3 is 2.38 bits per heavy atom. The van der Waals surface area contributed by atoms with E-state index in [2.05, 4.69) is 40.1 Å². The SMILES string of the molecule is C=C1C(C)C(C(=O)N[C@@H](CCC)C(=O)/C(C)=C/C2C(=O)N[C@@H](C)C(=O)NC(C(O)NCC#N)CC3=CC=C(OCCN)C(C3)C3=C(OCCN)CCC2=C3)=C(C)NC1c1ccc(OCCCC)cc1. The molecular formula is C53H74N8O8. The van der Waals surface area contributed by atoms with Crippen molar-refractivity contribution in [3.8, 4) is 11.8 Å². The standard InChI is InChI=1S/C53H74N8O8/c1-8-10-24-67-39-16-13-37(14-17-39)48-33(5)32(4)47(34(6)58-48)53(66)60-43(11-9-2)49(62)31(3)27-40-38-15-19-46(69-26-22-56)42(30-38)41-28-36(12-18-45(41)68-25-21-55)29-44(52(65)57-23-20-54)61-50(63)35(7)59-51(40)64/h12-14,16-18,27,30,32,35,40-41,43-44,48,52,57-58,65H,5,8-11,15,19,21-26,28-29,55-56H2,1-4,6-7H3,(H,59,64)(H,60,66)(H,61,63)/b31-27+/t32?,35-,40?,41?,43-,44?,48?,52?/m0/s1. The summed E-state index contributed by atoms with van der Waals surface area (Å²) >= 11 is 0. The second kappa shape index (κ2) is 26.1. The number of amides is 3. The van der Waals surface area contributed by atoms with E-state index in [1.54, 1.807) is 19.9 Å². The number of allylic oxidation sites excluding steroid dienone is 6. The van der Waals surface area contributed by atoms with Crippen LogP contribution in [0.15, 0.2) is 106 Å². The van der Waals surface area contributed by atoms with Crippen molar-refractivity contribution in [1.29, 1.82) is 5.26 Å². The molecule has 374 valence electrons. The molecule has 5 rings (SSSR count). The van der Waals surface area contributed by atoms with Gasteiger partial charge in [0.05, 0.1) is 56.5 Å². The lowest BCUT2D eigenvalue weighted by Crippen LogP contribution is -2.55. The highest BCUT2D eigenvalue weighted by Crippen LogP contribution is 2.42. The van der Waals surface area contributed by atoms with E-state index in [1.165, 1.54) is 0 Å². The third kappa shape index (κ3) is 14.1. The molecule has 1 aromatic rings. The number of ketones is 1. The summed E-state index contributed by atoms with van der Waals surface area (Å²) in [6.45, 7) is 17.0. The molecule has 10 N–H and O–H groups in total. The van der Waals surface area contributed by atoms with Crippen LogP contribution in [0.4, 0.5) is 0 Å². The highest BCUT2D eigenvalue weighted by Gasteiger charge is 2.37. The highest BCUT2D eigenvalue weighted by molar-refractivity contribution is 6.04. The van der Waals surface area contributed by atoms with Gasteiger partial charge in [0, 0.05) is 48.2 Å². The molecule has 69 heavy (non-hydrogen) atoms. The van der Waals surface area contributed by atoms with Crippen molar-refractivity contribution in [3.63, 3.8) is 0 Å². The molecule has 2 heterocycles. The predicted octanol–water partition coefficient (Wildman–Crippen LogP) is 4.97. The number of aliphatic hydroxyl groups excluding tert-OH is 1. The average molecular weight is 951 g/mol. The minimum atomic E-state index is -1.29. The van der Waals surface area contributed by atoms with Gasteiger partial charge in [0.2, 0.25) is 17.7 Å². The maximum absolute atomic E-state index is 14.6. The Balaban J connectivity index is 1.49. The lowest BCUT2D eigenvalue weighted by molar-refractivity contribution is -0.130. The van der Waals surface area contributed by atoms with E-state index in [-0.39, 0.29) is 68.5 Å². The van der Waals surface area contributed by atoms with E-state index in [1.807, 2.05) is 69.3 Å². The Morgan fingerprint density at radius 1 is 0.971 bits per heavy atom. The lowest BCUT2D eigenvalue weighted by atomic mass is 9.78. The molecule has 2 aliphatic carbocycles. The van der Waals surface area contributed by atoms with Gasteiger partial charge in [-0.3, -0.25) is 24.5 Å². The van der Waals surface area contributed by atoms with Crippen molar-refractivity contribution in [2.24, 2.45) is 29.2 Å². The maximum Gasteiger partial charge on any atom is 0.250 e. The van der Waals surface area contributed by atoms with Crippen LogP contribution in [0.2, 0.25) is 0 Å². The topological polar surface area (TPSA) is 252 Å². The molecule has 0 radical (unpaired) electrons. The van der Waals surface area contributed by atoms with Crippen molar-refractivity contribution in [2.75, 3.05) is 39.5 Å². The largest absolute Gasteiger partial charge is 0.496 e. The number of fused-ring (bicyclic) bond motifs is 4. The van der Waals surface area contributed by atoms with Gasteiger partial charge in [0.15, 0.2) is 5.78 Å². The molecule has 0 fully saturated rings. The molecule has 0 saturated heterocycles. The minimum Gasteiger partial charge on any atom is -0.496 e. The van der Waals surface area contributed by atoms with Crippen LogP contribution >= 0.6 is 0 Å². The van der Waals surface area contributed by atoms with Crippen molar-refractivity contribution < 1.29 is 38.5 Å². The van der Waals surface area contributed by atoms with Crippen LogP contribution in [0.1, 0.15) is 105 Å². The Hall–Kier alpha value is -5.99. The number of aliphatic hydroxyl groups is 1. The molecule has 8 atom stereocenters. The summed E-state index contributed by atoms with van der Waals surface area (Å²) < 4.78 is 18.4. The lowest BCUT2D eigenvalue weighted by Gasteiger charge is -2.35. The van der Waals surface area contributed by atoms with Gasteiger partial charge in [-0.2, -0.15) is 5.26 Å². The van der Waals surface area contributed by atoms with E-state index in [0.717, 1.165) is 40.9 Å². The van der Waals surface area contributed by atoms with Crippen LogP contribution in [0, 0.1) is 29.1 Å². The van der Waals surface area contributed by atoms with E-state index < -0.39 is 48.0 Å². The molecule has 16 heteroatoms. The first-order valence-electron chi connectivity index (χ1n) is 24.5. The van der Waals surface area contributed by atoms with E-state index >= 15 is 0 Å². The Labute approximate surface area is 407 Å². The first-order valence-corrected chi connectivity index (χ1v) is 24.5. The van der Waals surface area contributed by atoms with Gasteiger partial charge in [-0.15, -0.1) is 0 Å². The molecular weight excluding hydrogens is 877 g/mol. The molecule has 4 aliphatic rings. The molecule has 0 spiro atoms. The number of carbonyl (C=O) groups excluding carboxylic acids is 4. The van der Waals surface area contributed by atoms with Crippen LogP contribution in [0.3, 0.4) is 0 Å². The number of nitrogens with one attached hydrogen (secondary N) is 5. The number of nitrogens with zero attached hydrogens (tertiary/aromatic N) is 1. The zero-order chi connectivity index (χ0) is 50.2. The molecule has 1 aromatic carbocycles. The number of hydrogen-bond acceptors (Lipinski definition) is 13. The number of unbranched alkanes of at least 4 members (excludes halogenated alkanes) is 1. The first-order chi connectivity index (χ1) is 33.1. The fraction of sp³-hybridized carbons (Fsp3) is 0.528. The van der Waals surface area contributed by atoms with Crippen LogP contribution in [-0.4, -0.2) is 92.4 Å². The van der Waals surface area contributed by atoms with Gasteiger partial charge in [0.25, 0.3) is 0 Å². The first kappa shape index (κ1) is 54.0. The van der Waals surface area contributed by atoms with Crippen molar-refractivity contribution >= 4 is 23.5 Å². The number of hydrogen-bond donors (Lipinski definition) is 8. The number of rotatable bonds is 21. The van der Waals surface area contributed by atoms with Crippen molar-refractivity contribution in [1.82, 2.24) is 26.6 Å². The monoisotopic (exact) mass is 951 g/mol. The minimum absolute atomic E-state index is 0.162. The fourth-order valence-corrected chi connectivity index (χ4v) is 9.27. The van der Waals surface area contributed by atoms with Gasteiger partial charge < -0.3 is 52.1 Å². The summed E-state index contributed by atoms with van der Waals surface area (Å²) in [6.07, 6.45) is 10.4. The number of nitriles is 1. The number of benzene rings is 1. The normalized spacial score (nSPS) is 24.2. The number of ether oxygens (including phenoxy) is 3. The molecule has 4 bridgehead atoms. The highest BCUT2D eigenvalue weighted by atomic mass is 16.5. The predicted molar refractivity (Wildman–Crippen MR) is 265 cm³/mol. The summed E-state index contributed by atoms with van der Waals surface area (Å²) in [5, 5.41) is 35.4. The van der Waals surface area contributed by atoms with Gasteiger partial charge in [-0.05, 0) is 87.8 Å². The maximum atomic E-state index is 14.6. The molecule has 16 nitrogen and oxygen atoms in total. The average Bonchev–Trinajstić information content (AvgIpc) is 3.34. The molecule has 3 amide bonds. The Kier molecular flexibility index (Phi) is 20.4. The molecule has 6 unspecified atom stereocenters. The zero-order valence-electron chi connectivity index (χ0n) is 41.3. The van der Waals surface area contributed by atoms with E-state index in [4.69, 9.17) is 25.7 Å². The third-order valence-electron chi connectivity index (χ3n) is 13.1. The van der Waals surface area contributed by atoms with Crippen LogP contribution in [0.25, 0.3) is 0 Å². The van der Waals surface area contributed by atoms with Gasteiger partial charge in [-0.25, -0.2) is 0 Å². The third-order valence-corrected chi connectivity index (χ3v) is 13.1. The summed E-state index contributed by atoms with van der Waals surface area (Å²) in [6, 6.07) is 6.78. The second-order valence-corrected chi connectivity index (χ2v) is 18.2. The summed E-state index contributed by atoms with van der Waals surface area (Å²) in [5.41, 5.74) is 17.4. The Bertz CT molecular complexity index is 2270. The number of Topliss-reactive ketones (excluding diaryl/α,β-unsaturated/α-hetero) is 1. The van der Waals surface area contributed by atoms with Crippen LogP contribution in [0.5, 0.6) is 5.75 Å².